The van der Waals surface area contributed by atoms with Gasteiger partial charge in [0.05, 0.1) is 5.52 Å². The van der Waals surface area contributed by atoms with Crippen LogP contribution in [-0.2, 0) is 13.0 Å². The third-order valence-electron chi connectivity index (χ3n) is 3.74. The van der Waals surface area contributed by atoms with Crippen molar-refractivity contribution in [3.8, 4) is 0 Å². The Kier molecular flexibility index (Phi) is 4.27. The molecule has 0 aliphatic heterocycles. The number of rotatable bonds is 5. The lowest BCUT2D eigenvalue weighted by molar-refractivity contribution is 0.546. The molecule has 0 bridgehead atoms. The number of nitrogens with zero attached hydrogens (tertiary/aromatic N) is 1. The Morgan fingerprint density at radius 2 is 1.76 bits per heavy atom. The molecule has 0 saturated heterocycles. The van der Waals surface area contributed by atoms with Crippen LogP contribution in [0.3, 0.4) is 0 Å². The van der Waals surface area contributed by atoms with Crippen LogP contribution in [0, 0.1) is 0 Å². The maximum atomic E-state index is 4.50. The molecule has 1 N–H and O–H groups in total. The molecule has 0 spiro atoms. The van der Waals surface area contributed by atoms with Crippen molar-refractivity contribution in [1.82, 2.24) is 10.3 Å². The molecule has 21 heavy (non-hydrogen) atoms. The van der Waals surface area contributed by atoms with Gasteiger partial charge in [-0.25, -0.2) is 0 Å². The van der Waals surface area contributed by atoms with Crippen LogP contribution in [-0.4, -0.2) is 11.0 Å². The summed E-state index contributed by atoms with van der Waals surface area (Å²) in [5, 5.41) is 4.80. The molecule has 2 nitrogen and oxygen atoms in total. The molecule has 0 radical (unpaired) electrons. The fourth-order valence-electron chi connectivity index (χ4n) is 2.63. The van der Waals surface area contributed by atoms with Crippen molar-refractivity contribution in [2.24, 2.45) is 0 Å². The van der Waals surface area contributed by atoms with Crippen molar-refractivity contribution in [1.29, 1.82) is 0 Å². The molecule has 2 heteroatoms. The van der Waals surface area contributed by atoms with Gasteiger partial charge in [-0.15, -0.1) is 0 Å². The number of aromatic nitrogens is 1. The maximum absolute atomic E-state index is 4.50. The van der Waals surface area contributed by atoms with E-state index in [9.17, 15) is 0 Å². The standard InChI is InChI=1S/C19H20N2/c1-15(13-16-7-3-2-4-8-16)21-14-18-10-5-9-17-11-6-12-20-19(17)18/h2-12,15,21H,13-14H2,1H3. The van der Waals surface area contributed by atoms with E-state index in [-0.39, 0.29) is 0 Å². The van der Waals surface area contributed by atoms with Crippen LogP contribution in [0.1, 0.15) is 18.1 Å². The third-order valence-corrected chi connectivity index (χ3v) is 3.74. The quantitative estimate of drug-likeness (QED) is 0.763. The van der Waals surface area contributed by atoms with E-state index in [0.29, 0.717) is 6.04 Å². The molecule has 1 aromatic heterocycles. The number of benzene rings is 2. The molecular weight excluding hydrogens is 256 g/mol. The minimum Gasteiger partial charge on any atom is -0.310 e. The number of fused-ring (bicyclic) bond motifs is 1. The first-order valence-electron chi connectivity index (χ1n) is 7.43. The fraction of sp³-hybridized carbons (Fsp3) is 0.211. The second-order valence-electron chi connectivity index (χ2n) is 5.46. The average Bonchev–Trinajstić information content (AvgIpc) is 2.54. The monoisotopic (exact) mass is 276 g/mol. The van der Waals surface area contributed by atoms with Crippen molar-refractivity contribution >= 4 is 10.9 Å². The molecule has 1 atom stereocenters. The van der Waals surface area contributed by atoms with Crippen molar-refractivity contribution < 1.29 is 0 Å². The summed E-state index contributed by atoms with van der Waals surface area (Å²) in [7, 11) is 0. The topological polar surface area (TPSA) is 24.9 Å². The van der Waals surface area contributed by atoms with E-state index in [0.717, 1.165) is 18.5 Å². The molecule has 1 unspecified atom stereocenters. The summed E-state index contributed by atoms with van der Waals surface area (Å²) in [4.78, 5) is 4.50. The van der Waals surface area contributed by atoms with Gasteiger partial charge in [-0.05, 0) is 30.5 Å². The SMILES string of the molecule is CC(Cc1ccccc1)NCc1cccc2cccnc12. The van der Waals surface area contributed by atoms with Gasteiger partial charge in [-0.2, -0.15) is 0 Å². The van der Waals surface area contributed by atoms with Gasteiger partial charge in [0.25, 0.3) is 0 Å². The van der Waals surface area contributed by atoms with Gasteiger partial charge in [0.2, 0.25) is 0 Å². The number of para-hydroxylation sites is 1. The zero-order chi connectivity index (χ0) is 14.5. The van der Waals surface area contributed by atoms with Gasteiger partial charge in [-0.3, -0.25) is 4.98 Å². The summed E-state index contributed by atoms with van der Waals surface area (Å²) in [5.74, 6) is 0. The molecule has 0 aliphatic carbocycles. The molecule has 0 aliphatic rings. The molecule has 1 heterocycles. The smallest absolute Gasteiger partial charge is 0.0746 e. The Bertz CT molecular complexity index is 702. The first kappa shape index (κ1) is 13.8. The molecule has 0 fully saturated rings. The second kappa shape index (κ2) is 6.51. The molecule has 3 rings (SSSR count). The highest BCUT2D eigenvalue weighted by Crippen LogP contribution is 2.16. The summed E-state index contributed by atoms with van der Waals surface area (Å²) in [6.07, 6.45) is 2.90. The predicted molar refractivity (Wildman–Crippen MR) is 88.2 cm³/mol. The minimum atomic E-state index is 0.436. The number of hydrogen-bond donors (Lipinski definition) is 1. The van der Waals surface area contributed by atoms with Crippen molar-refractivity contribution in [3.05, 3.63) is 78.0 Å². The zero-order valence-electron chi connectivity index (χ0n) is 12.3. The van der Waals surface area contributed by atoms with E-state index in [1.807, 2.05) is 12.3 Å². The van der Waals surface area contributed by atoms with E-state index >= 15 is 0 Å². The van der Waals surface area contributed by atoms with Crippen molar-refractivity contribution in [3.63, 3.8) is 0 Å². The van der Waals surface area contributed by atoms with Crippen LogP contribution >= 0.6 is 0 Å². The highest BCUT2D eigenvalue weighted by atomic mass is 14.9. The van der Waals surface area contributed by atoms with Gasteiger partial charge in [0, 0.05) is 24.2 Å². The Morgan fingerprint density at radius 3 is 2.62 bits per heavy atom. The molecule has 0 saturated carbocycles. The average molecular weight is 276 g/mol. The molecular formula is C19H20N2. The first-order chi connectivity index (χ1) is 10.3. The number of nitrogens with one attached hydrogen (secondary N) is 1. The largest absolute Gasteiger partial charge is 0.310 e. The minimum absolute atomic E-state index is 0.436. The summed E-state index contributed by atoms with van der Waals surface area (Å²) in [6, 6.07) is 21.5. The Morgan fingerprint density at radius 1 is 0.952 bits per heavy atom. The molecule has 2 aromatic carbocycles. The second-order valence-corrected chi connectivity index (χ2v) is 5.46. The fourth-order valence-corrected chi connectivity index (χ4v) is 2.63. The number of pyridine rings is 1. The van der Waals surface area contributed by atoms with Crippen LogP contribution in [0.5, 0.6) is 0 Å². The highest BCUT2D eigenvalue weighted by molar-refractivity contribution is 5.81. The summed E-state index contributed by atoms with van der Waals surface area (Å²) in [6.45, 7) is 3.08. The normalized spacial score (nSPS) is 12.4. The molecule has 106 valence electrons. The van der Waals surface area contributed by atoms with E-state index in [1.54, 1.807) is 0 Å². The molecule has 0 amide bonds. The van der Waals surface area contributed by atoms with Crippen molar-refractivity contribution in [2.75, 3.05) is 0 Å². The number of hydrogen-bond acceptors (Lipinski definition) is 2. The maximum Gasteiger partial charge on any atom is 0.0746 e. The van der Waals surface area contributed by atoms with E-state index in [4.69, 9.17) is 0 Å². The lowest BCUT2D eigenvalue weighted by Crippen LogP contribution is -2.27. The van der Waals surface area contributed by atoms with E-state index < -0.39 is 0 Å². The third kappa shape index (κ3) is 3.47. The van der Waals surface area contributed by atoms with Gasteiger partial charge in [-0.1, -0.05) is 54.6 Å². The lowest BCUT2D eigenvalue weighted by atomic mass is 10.1. The summed E-state index contributed by atoms with van der Waals surface area (Å²) in [5.41, 5.74) is 3.72. The van der Waals surface area contributed by atoms with E-state index in [1.165, 1.54) is 16.5 Å². The van der Waals surface area contributed by atoms with Gasteiger partial charge in [0.1, 0.15) is 0 Å². The van der Waals surface area contributed by atoms with Crippen molar-refractivity contribution in [2.45, 2.75) is 25.9 Å². The predicted octanol–water partition coefficient (Wildman–Crippen LogP) is 3.96. The highest BCUT2D eigenvalue weighted by Gasteiger charge is 2.05. The van der Waals surface area contributed by atoms with Crippen LogP contribution in [0.4, 0.5) is 0 Å². The van der Waals surface area contributed by atoms with Crippen LogP contribution in [0.15, 0.2) is 66.9 Å². The van der Waals surface area contributed by atoms with Crippen LogP contribution in [0.25, 0.3) is 10.9 Å². The Balaban J connectivity index is 1.66. The van der Waals surface area contributed by atoms with Crippen LogP contribution in [0.2, 0.25) is 0 Å². The summed E-state index contributed by atoms with van der Waals surface area (Å²) >= 11 is 0. The van der Waals surface area contributed by atoms with Gasteiger partial charge < -0.3 is 5.32 Å². The van der Waals surface area contributed by atoms with Gasteiger partial charge in [0.15, 0.2) is 0 Å². The van der Waals surface area contributed by atoms with Crippen LogP contribution < -0.4 is 5.32 Å². The zero-order valence-corrected chi connectivity index (χ0v) is 12.3. The van der Waals surface area contributed by atoms with Gasteiger partial charge >= 0.3 is 0 Å². The Hall–Kier alpha value is -2.19. The summed E-state index contributed by atoms with van der Waals surface area (Å²) < 4.78 is 0. The lowest BCUT2D eigenvalue weighted by Gasteiger charge is -2.14. The van der Waals surface area contributed by atoms with E-state index in [2.05, 4.69) is 71.8 Å². The first-order valence-corrected chi connectivity index (χ1v) is 7.43. The Labute approximate surface area is 125 Å². The molecule has 3 aromatic rings.